The molecule has 0 saturated heterocycles. The van der Waals surface area contributed by atoms with E-state index >= 15 is 0 Å². The molecule has 42 heavy (non-hydrogen) atoms. The van der Waals surface area contributed by atoms with E-state index in [1.165, 1.54) is 4.90 Å². The van der Waals surface area contributed by atoms with Crippen molar-refractivity contribution in [3.8, 4) is 5.75 Å². The molecule has 1 amide bonds. The molecule has 1 unspecified atom stereocenters. The number of primary amides is 1. The van der Waals surface area contributed by atoms with Crippen LogP contribution in [0.2, 0.25) is 0 Å². The number of aromatic hydroxyl groups is 1. The summed E-state index contributed by atoms with van der Waals surface area (Å²) in [7, 11) is 6.84. The second-order valence-electron chi connectivity index (χ2n) is 11.7. The zero-order chi connectivity index (χ0) is 30.7. The van der Waals surface area contributed by atoms with E-state index in [-0.39, 0.29) is 29.7 Å². The molecule has 0 radical (unpaired) electrons. The molecular weight excluding hydrogens is 540 g/mol. The summed E-state index contributed by atoms with van der Waals surface area (Å²) in [6.45, 7) is 0.474. The number of nitrogens with zero attached hydrogens (tertiary/aromatic N) is 2. The summed E-state index contributed by atoms with van der Waals surface area (Å²) in [6, 6.07) is 10.5. The molecule has 5 rings (SSSR count). The summed E-state index contributed by atoms with van der Waals surface area (Å²) in [5.74, 6) is -6.70. The van der Waals surface area contributed by atoms with Crippen LogP contribution in [0.1, 0.15) is 27.9 Å². The number of benzene rings is 2. The summed E-state index contributed by atoms with van der Waals surface area (Å²) >= 11 is 0. The zero-order valence-electron chi connectivity index (χ0n) is 24.0. The van der Waals surface area contributed by atoms with Crippen molar-refractivity contribution in [1.82, 2.24) is 4.90 Å². The van der Waals surface area contributed by atoms with E-state index < -0.39 is 58.0 Å². The van der Waals surface area contributed by atoms with E-state index in [1.807, 2.05) is 49.3 Å². The van der Waals surface area contributed by atoms with Gasteiger partial charge < -0.3 is 36.4 Å². The average molecular weight is 577 g/mol. The molecule has 3 aliphatic carbocycles. The Bertz CT molecular complexity index is 1550. The smallest absolute Gasteiger partial charge is 0.255 e. The van der Waals surface area contributed by atoms with Crippen LogP contribution in [0.4, 0.5) is 11.4 Å². The average Bonchev–Trinajstić information content (AvgIpc) is 2.92. The van der Waals surface area contributed by atoms with Gasteiger partial charge in [-0.1, -0.05) is 30.3 Å². The highest BCUT2D eigenvalue weighted by atomic mass is 16.3. The van der Waals surface area contributed by atoms with Crippen molar-refractivity contribution in [2.75, 3.05) is 45.0 Å². The summed E-state index contributed by atoms with van der Waals surface area (Å²) in [6.07, 6.45) is 0.930. The third-order valence-electron chi connectivity index (χ3n) is 8.75. The van der Waals surface area contributed by atoms with E-state index in [4.69, 9.17) is 5.73 Å². The number of aliphatic hydroxyl groups excluding tert-OH is 2. The molecule has 11 nitrogen and oxygen atoms in total. The number of ketones is 2. The van der Waals surface area contributed by atoms with E-state index in [9.17, 15) is 34.8 Å². The molecule has 0 aromatic heterocycles. The number of rotatable bonds is 7. The van der Waals surface area contributed by atoms with E-state index in [0.717, 1.165) is 5.56 Å². The number of nitrogens with one attached hydrogen (secondary N) is 1. The fourth-order valence-electron chi connectivity index (χ4n) is 6.82. The van der Waals surface area contributed by atoms with Crippen LogP contribution >= 0.6 is 0 Å². The number of fused-ring (bicyclic) bond motifs is 3. The number of anilines is 2. The van der Waals surface area contributed by atoms with Crippen LogP contribution in [0.15, 0.2) is 59.1 Å². The number of carbonyl (C=O) groups excluding carboxylic acids is 3. The normalized spacial score (nSPS) is 25.2. The van der Waals surface area contributed by atoms with Crippen molar-refractivity contribution < 1.29 is 34.8 Å². The molecule has 7 N–H and O–H groups in total. The molecular formula is C31H36N4O7. The molecule has 0 saturated carbocycles. The van der Waals surface area contributed by atoms with Gasteiger partial charge >= 0.3 is 0 Å². The highest BCUT2D eigenvalue weighted by Gasteiger charge is 2.63. The highest BCUT2D eigenvalue weighted by molar-refractivity contribution is 6.25. The summed E-state index contributed by atoms with van der Waals surface area (Å²) < 4.78 is 0. The monoisotopic (exact) mass is 576 g/mol. The van der Waals surface area contributed by atoms with Crippen LogP contribution in [-0.2, 0) is 22.4 Å². The van der Waals surface area contributed by atoms with Crippen LogP contribution < -0.4 is 16.0 Å². The van der Waals surface area contributed by atoms with Crippen LogP contribution in [0.25, 0.3) is 0 Å². The fraction of sp³-hybridized carbons (Fsp3) is 0.387. The van der Waals surface area contributed by atoms with Crippen molar-refractivity contribution in [2.24, 2.45) is 17.6 Å². The van der Waals surface area contributed by atoms with Crippen molar-refractivity contribution in [3.63, 3.8) is 0 Å². The summed E-state index contributed by atoms with van der Waals surface area (Å²) in [5, 5.41) is 48.8. The Morgan fingerprint density at radius 3 is 2.36 bits per heavy atom. The Balaban J connectivity index is 1.61. The Morgan fingerprint density at radius 1 is 1.10 bits per heavy atom. The SMILES string of the molecule is CN(C)c1cc(NCCc2ccccc2)c(O)c2c1C[C@H]1C[C@H]3C(N(C)C)C(O)=C(C(N)=O)C(=O)[C@@]3(O)C(O)=C1C2=O. The van der Waals surface area contributed by atoms with Crippen LogP contribution in [0.3, 0.4) is 0 Å². The third-order valence-corrected chi connectivity index (χ3v) is 8.75. The minimum absolute atomic E-state index is 0.0239. The van der Waals surface area contributed by atoms with Gasteiger partial charge in [-0.05, 0) is 56.5 Å². The maximum atomic E-state index is 14.1. The van der Waals surface area contributed by atoms with Crippen LogP contribution in [0, 0.1) is 11.8 Å². The van der Waals surface area contributed by atoms with E-state index in [1.54, 1.807) is 20.2 Å². The Kier molecular flexibility index (Phi) is 7.28. The maximum absolute atomic E-state index is 14.1. The predicted octanol–water partition coefficient (Wildman–Crippen LogP) is 1.84. The van der Waals surface area contributed by atoms with Gasteiger partial charge in [0.2, 0.25) is 5.78 Å². The van der Waals surface area contributed by atoms with Gasteiger partial charge in [0, 0.05) is 37.8 Å². The first-order valence-electron chi connectivity index (χ1n) is 13.8. The lowest BCUT2D eigenvalue weighted by molar-refractivity contribution is -0.148. The third kappa shape index (κ3) is 4.31. The molecule has 222 valence electrons. The number of amides is 1. The number of hydrogen-bond acceptors (Lipinski definition) is 10. The molecule has 0 bridgehead atoms. The standard InChI is InChI=1S/C31H36N4O7/c1-34(2)20-14-19(33-11-10-15-8-6-5-7-9-15)25(36)22-17(20)12-16-13-18-24(35(3)4)27(38)23(30(32)41)29(40)31(18,42)28(39)21(16)26(22)37/h5-9,14,16,18,24,33,36,38-39,42H,10-13H2,1-4H3,(H2,32,41)/t16-,18-,24?,31-/m0/s1. The van der Waals surface area contributed by atoms with Crippen LogP contribution in [-0.4, -0.2) is 89.2 Å². The lowest BCUT2D eigenvalue weighted by atomic mass is 9.58. The highest BCUT2D eigenvalue weighted by Crippen LogP contribution is 2.53. The minimum Gasteiger partial charge on any atom is -0.510 e. The number of Topliss-reactive ketones (excluding diaryl/α,β-unsaturated/α-hetero) is 2. The van der Waals surface area contributed by atoms with Crippen molar-refractivity contribution >= 4 is 28.8 Å². The number of carbonyl (C=O) groups is 3. The van der Waals surface area contributed by atoms with Gasteiger partial charge in [0.15, 0.2) is 11.4 Å². The molecule has 2 aromatic rings. The maximum Gasteiger partial charge on any atom is 0.255 e. The van der Waals surface area contributed by atoms with Gasteiger partial charge in [-0.3, -0.25) is 19.3 Å². The molecule has 2 aromatic carbocycles. The minimum atomic E-state index is -2.67. The van der Waals surface area contributed by atoms with Crippen LogP contribution in [0.5, 0.6) is 5.75 Å². The van der Waals surface area contributed by atoms with Gasteiger partial charge in [-0.15, -0.1) is 0 Å². The number of likely N-dealkylation sites (N-methyl/N-ethyl adjacent to an activating group) is 1. The first kappa shape index (κ1) is 29.2. The molecule has 0 fully saturated rings. The molecule has 3 aliphatic rings. The van der Waals surface area contributed by atoms with Gasteiger partial charge in [0.05, 0.1) is 17.3 Å². The molecule has 0 aliphatic heterocycles. The lowest BCUT2D eigenvalue weighted by Crippen LogP contribution is -2.63. The fourth-order valence-corrected chi connectivity index (χ4v) is 6.82. The predicted molar refractivity (Wildman–Crippen MR) is 157 cm³/mol. The second kappa shape index (κ2) is 10.5. The first-order chi connectivity index (χ1) is 19.8. The second-order valence-corrected chi connectivity index (χ2v) is 11.7. The first-order valence-corrected chi connectivity index (χ1v) is 13.8. The Hall–Kier alpha value is -4.35. The van der Waals surface area contributed by atoms with Gasteiger partial charge in [-0.25, -0.2) is 0 Å². The topological polar surface area (TPSA) is 177 Å². The molecule has 4 atom stereocenters. The van der Waals surface area contributed by atoms with Gasteiger partial charge in [-0.2, -0.15) is 0 Å². The summed E-state index contributed by atoms with van der Waals surface area (Å²) in [4.78, 5) is 43.1. The van der Waals surface area contributed by atoms with Crippen molar-refractivity contribution in [3.05, 3.63) is 75.8 Å². The lowest BCUT2D eigenvalue weighted by Gasteiger charge is -2.50. The number of allylic oxidation sites excluding steroid dienone is 1. The summed E-state index contributed by atoms with van der Waals surface area (Å²) in [5.41, 5.74) is 4.39. The van der Waals surface area contributed by atoms with Crippen molar-refractivity contribution in [2.45, 2.75) is 30.9 Å². The zero-order valence-corrected chi connectivity index (χ0v) is 24.0. The number of aliphatic hydroxyl groups is 3. The van der Waals surface area contributed by atoms with Crippen molar-refractivity contribution in [1.29, 1.82) is 0 Å². The molecule has 0 spiro atoms. The number of hydrogen-bond donors (Lipinski definition) is 6. The Morgan fingerprint density at radius 2 is 1.76 bits per heavy atom. The molecule has 0 heterocycles. The molecule has 11 heteroatoms. The number of phenols is 1. The quantitative estimate of drug-likeness (QED) is 0.211. The largest absolute Gasteiger partial charge is 0.510 e. The van der Waals surface area contributed by atoms with Gasteiger partial charge in [0.1, 0.15) is 22.8 Å². The Labute approximate surface area is 243 Å². The van der Waals surface area contributed by atoms with Gasteiger partial charge in [0.25, 0.3) is 5.91 Å². The van der Waals surface area contributed by atoms with E-state index in [2.05, 4.69) is 5.32 Å². The number of nitrogens with two attached hydrogens (primary N) is 1. The van der Waals surface area contributed by atoms with E-state index in [0.29, 0.717) is 29.9 Å². The number of phenolic OH excluding ortho intramolecular Hbond substituents is 1.